The lowest BCUT2D eigenvalue weighted by molar-refractivity contribution is 0.590. The van der Waals surface area contributed by atoms with Crippen LogP contribution in [-0.2, 0) is 21.7 Å². The maximum Gasteiger partial charge on any atom is 0.248 e. The first kappa shape index (κ1) is 51.1. The fourth-order valence-corrected chi connectivity index (χ4v) is 15.3. The predicted octanol–water partition coefficient (Wildman–Crippen LogP) is 17.7. The third-order valence-electron chi connectivity index (χ3n) is 19.6. The largest absolute Gasteiger partial charge is 0.311 e. The van der Waals surface area contributed by atoms with Crippen LogP contribution >= 0.6 is 0 Å². The zero-order valence-corrected chi connectivity index (χ0v) is 50.7. The van der Waals surface area contributed by atoms with Gasteiger partial charge in [0.05, 0.1) is 0 Å². The summed E-state index contributed by atoms with van der Waals surface area (Å²) in [7, 11) is 0. The van der Waals surface area contributed by atoms with E-state index in [0.717, 1.165) is 0 Å². The number of hydrogen-bond donors (Lipinski definition) is 0. The lowest BCUT2D eigenvalue weighted by Crippen LogP contribution is -2.60. The summed E-state index contributed by atoms with van der Waals surface area (Å²) in [6.45, 7) is 28.4. The molecule has 0 atom stereocenters. The molecule has 0 amide bonds. The second-order valence-corrected chi connectivity index (χ2v) is 28.9. The molecule has 0 aliphatic carbocycles. The Hall–Kier alpha value is -8.59. The van der Waals surface area contributed by atoms with Gasteiger partial charge in [-0.3, -0.25) is 0 Å². The summed E-state index contributed by atoms with van der Waals surface area (Å²) in [6, 6.07) is 80.8. The van der Waals surface area contributed by atoms with Gasteiger partial charge in [0, 0.05) is 34.1 Å². The first-order chi connectivity index (χ1) is 40.2. The number of fused-ring (bicyclic) bond motifs is 8. The second-order valence-electron chi connectivity index (χ2n) is 28.9. The van der Waals surface area contributed by atoms with Crippen LogP contribution in [0.4, 0.5) is 34.1 Å². The number of para-hydroxylation sites is 2. The number of benzene rings is 12. The van der Waals surface area contributed by atoms with Crippen LogP contribution in [-0.4, -0.2) is 13.4 Å². The molecule has 4 aliphatic heterocycles. The fraction of sp³-hybridized carbons (Fsp3) is 0.200. The molecule has 84 heavy (non-hydrogen) atoms. The van der Waals surface area contributed by atoms with Crippen LogP contribution in [0.5, 0.6) is 0 Å². The van der Waals surface area contributed by atoms with Gasteiger partial charge in [-0.25, -0.2) is 0 Å². The van der Waals surface area contributed by atoms with Gasteiger partial charge in [-0.05, 0) is 203 Å². The smallest absolute Gasteiger partial charge is 0.248 e. The zero-order valence-electron chi connectivity index (χ0n) is 50.7. The Balaban J connectivity index is 1.13. The summed E-state index contributed by atoms with van der Waals surface area (Å²) in [5.74, 6) is 0. The average Bonchev–Trinajstić information content (AvgIpc) is 0.683. The van der Waals surface area contributed by atoms with Gasteiger partial charge < -0.3 is 9.80 Å². The Morgan fingerprint density at radius 3 is 0.940 bits per heavy atom. The minimum absolute atomic E-state index is 0.0332. The molecule has 0 radical (unpaired) electrons. The molecular weight excluding hydrogens is 1010 g/mol. The van der Waals surface area contributed by atoms with Gasteiger partial charge in [0.1, 0.15) is 0 Å². The highest BCUT2D eigenvalue weighted by Crippen LogP contribution is 2.54. The number of rotatable bonds is 4. The van der Waals surface area contributed by atoms with E-state index in [4.69, 9.17) is 0 Å². The van der Waals surface area contributed by atoms with Crippen molar-refractivity contribution in [2.24, 2.45) is 0 Å². The molecule has 0 unspecified atom stereocenters. The Kier molecular flexibility index (Phi) is 10.6. The maximum absolute atomic E-state index is 2.70. The minimum atomic E-state index is -0.132. The summed E-state index contributed by atoms with van der Waals surface area (Å²) in [5.41, 5.74) is 31.0. The van der Waals surface area contributed by atoms with E-state index in [-0.39, 0.29) is 35.1 Å². The number of nitrogens with zero attached hydrogens (tertiary/aromatic N) is 2. The van der Waals surface area contributed by atoms with Crippen LogP contribution in [0, 0.1) is 0 Å². The van der Waals surface area contributed by atoms with Gasteiger partial charge in [-0.15, -0.1) is 0 Å². The van der Waals surface area contributed by atoms with Gasteiger partial charge in [0.25, 0.3) is 0 Å². The highest BCUT2D eigenvalue weighted by molar-refractivity contribution is 7.02. The summed E-state index contributed by atoms with van der Waals surface area (Å²) in [4.78, 5) is 5.22. The van der Waals surface area contributed by atoms with Crippen LogP contribution in [0.2, 0.25) is 0 Å². The normalized spacial score (nSPS) is 14.1. The van der Waals surface area contributed by atoms with E-state index < -0.39 is 0 Å². The van der Waals surface area contributed by atoms with Gasteiger partial charge >= 0.3 is 0 Å². The summed E-state index contributed by atoms with van der Waals surface area (Å²) in [5, 5.41) is 8.17. The molecule has 4 heteroatoms. The number of hydrogen-bond acceptors (Lipinski definition) is 2. The SMILES string of the molecule is CC(C)(C)c1ccc2c(c1)N(c1ccccc1)c1cc(C(C)(C)C)cc3c1B2c1cc2c(-c4ccccc4)cc4c5c(cc6c(-c7ccccc7)cc-3c1c6c25)B1c2ccc(C(C)(C)C)cc2N(c2ccccc2)c2cc(C(C)(C)C)cc-4c21. The highest BCUT2D eigenvalue weighted by atomic mass is 15.2. The standard InChI is InChI=1S/C80H70B2N2/c1-77(2,3)49-33-35-63-67(39-49)83(53-29-21-15-22-30-53)69-41-51(79(7,8)9)37-61-57-43-56(48-27-19-14-20-28-48)60-46-66-72-58(44-55(47-25-17-13-18-26-47)59-45-65(81(63)75(61)69)71(57)73(60)74(59)72)62-38-52(80(10,11)12)42-70-76(62)82(66)64-36-34-50(78(4,5)6)40-68(64)84(70)54-31-23-16-24-32-54/h13-46H,1-12H3. The predicted molar refractivity (Wildman–Crippen MR) is 365 cm³/mol. The lowest BCUT2D eigenvalue weighted by Gasteiger charge is -2.43. The molecule has 16 rings (SSSR count). The Morgan fingerprint density at radius 2 is 0.595 bits per heavy atom. The van der Waals surface area contributed by atoms with Crippen molar-refractivity contribution in [1.82, 2.24) is 0 Å². The first-order valence-electron chi connectivity index (χ1n) is 30.6. The average molecular weight is 1080 g/mol. The van der Waals surface area contributed by atoms with E-state index in [1.54, 1.807) is 0 Å². The summed E-state index contributed by atoms with van der Waals surface area (Å²) < 4.78 is 0. The topological polar surface area (TPSA) is 6.48 Å². The molecule has 0 saturated carbocycles. The van der Waals surface area contributed by atoms with Crippen LogP contribution in [0.15, 0.2) is 206 Å². The Labute approximate surface area is 497 Å². The molecule has 2 nitrogen and oxygen atoms in total. The first-order valence-corrected chi connectivity index (χ1v) is 30.6. The molecule has 4 heterocycles. The van der Waals surface area contributed by atoms with Crippen LogP contribution in [0.1, 0.15) is 105 Å². The van der Waals surface area contributed by atoms with Gasteiger partial charge in [0.15, 0.2) is 0 Å². The van der Waals surface area contributed by atoms with E-state index in [0.29, 0.717) is 0 Å². The van der Waals surface area contributed by atoms with Gasteiger partial charge in [-0.2, -0.15) is 0 Å². The van der Waals surface area contributed by atoms with Crippen LogP contribution < -0.4 is 42.6 Å². The number of anilines is 6. The van der Waals surface area contributed by atoms with Crippen molar-refractivity contribution in [3.05, 3.63) is 229 Å². The molecule has 0 N–H and O–H groups in total. The molecule has 0 bridgehead atoms. The van der Waals surface area contributed by atoms with E-state index >= 15 is 0 Å². The van der Waals surface area contributed by atoms with E-state index in [1.165, 1.54) is 166 Å². The molecular formula is C80H70B2N2. The quantitative estimate of drug-likeness (QED) is 0.128. The molecule has 12 aromatic carbocycles. The lowest BCUT2D eigenvalue weighted by atomic mass is 9.31. The van der Waals surface area contributed by atoms with E-state index in [1.807, 2.05) is 0 Å². The molecule has 406 valence electrons. The fourth-order valence-electron chi connectivity index (χ4n) is 15.3. The molecule has 0 saturated heterocycles. The molecule has 0 spiro atoms. The van der Waals surface area contributed by atoms with Crippen LogP contribution in [0.25, 0.3) is 76.8 Å². The Morgan fingerprint density at radius 1 is 0.262 bits per heavy atom. The van der Waals surface area contributed by atoms with Crippen molar-refractivity contribution in [1.29, 1.82) is 0 Å². The van der Waals surface area contributed by atoms with Gasteiger partial charge in [0.2, 0.25) is 13.4 Å². The van der Waals surface area contributed by atoms with Crippen molar-refractivity contribution < 1.29 is 0 Å². The monoisotopic (exact) mass is 1080 g/mol. The molecule has 4 aliphatic rings. The van der Waals surface area contributed by atoms with Crippen molar-refractivity contribution >= 4 is 113 Å². The zero-order chi connectivity index (χ0) is 57.7. The molecule has 0 fully saturated rings. The maximum atomic E-state index is 2.70. The Bertz CT molecular complexity index is 4440. The van der Waals surface area contributed by atoms with Crippen molar-refractivity contribution in [3.8, 4) is 44.5 Å². The van der Waals surface area contributed by atoms with E-state index in [2.05, 4.69) is 299 Å². The van der Waals surface area contributed by atoms with Gasteiger partial charge in [-0.1, -0.05) is 240 Å². The van der Waals surface area contributed by atoms with E-state index in [9.17, 15) is 0 Å². The molecule has 12 aromatic rings. The van der Waals surface area contributed by atoms with Crippen molar-refractivity contribution in [3.63, 3.8) is 0 Å². The summed E-state index contributed by atoms with van der Waals surface area (Å²) in [6.07, 6.45) is 0. The molecule has 0 aromatic heterocycles. The van der Waals surface area contributed by atoms with Crippen LogP contribution in [0.3, 0.4) is 0 Å². The third kappa shape index (κ3) is 7.31. The highest BCUT2D eigenvalue weighted by Gasteiger charge is 2.47. The third-order valence-corrected chi connectivity index (χ3v) is 19.6. The minimum Gasteiger partial charge on any atom is -0.311 e. The van der Waals surface area contributed by atoms with Crippen molar-refractivity contribution in [2.75, 3.05) is 9.80 Å². The van der Waals surface area contributed by atoms with Crippen molar-refractivity contribution in [2.45, 2.75) is 105 Å². The summed E-state index contributed by atoms with van der Waals surface area (Å²) >= 11 is 0. The second kappa shape index (κ2) is 17.5.